The molecule has 0 amide bonds. The van der Waals surface area contributed by atoms with Crippen molar-refractivity contribution >= 4 is 0 Å². The van der Waals surface area contributed by atoms with Crippen LogP contribution in [0.4, 0.5) is 0 Å². The number of piperidine rings is 1. The molecule has 1 nitrogen and oxygen atoms in total. The zero-order chi connectivity index (χ0) is 9.26. The topological polar surface area (TPSA) is 3.24 Å². The van der Waals surface area contributed by atoms with E-state index in [1.165, 1.54) is 45.1 Å². The maximum absolute atomic E-state index is 2.81. The number of unbranched alkanes of at least 4 members (excludes halogenated alkanes) is 1. The fourth-order valence-corrected chi connectivity index (χ4v) is 3.25. The van der Waals surface area contributed by atoms with Crippen LogP contribution >= 0.6 is 0 Å². The highest BCUT2D eigenvalue weighted by Crippen LogP contribution is 2.38. The Balaban J connectivity index is 1.90. The van der Waals surface area contributed by atoms with Crippen LogP contribution in [0, 0.1) is 5.92 Å². The number of hydrogen-bond acceptors (Lipinski definition) is 1. The SMILES string of the molecule is CCCCN1C2CCC1CC(C)C2. The molecule has 2 aliphatic heterocycles. The molecule has 2 saturated heterocycles. The number of fused-ring (bicyclic) bond motifs is 2. The fraction of sp³-hybridized carbons (Fsp3) is 1.00. The summed E-state index contributed by atoms with van der Waals surface area (Å²) in [6.45, 7) is 6.11. The lowest BCUT2D eigenvalue weighted by Crippen LogP contribution is -2.42. The highest BCUT2D eigenvalue weighted by Gasteiger charge is 2.38. The molecule has 1 heteroatoms. The standard InChI is InChI=1S/C12H23N/c1-3-4-7-13-11-5-6-12(13)9-10(2)8-11/h10-12H,3-9H2,1-2H3. The molecule has 0 aromatic carbocycles. The van der Waals surface area contributed by atoms with Crippen LogP contribution in [0.5, 0.6) is 0 Å². The van der Waals surface area contributed by atoms with Crippen LogP contribution in [-0.4, -0.2) is 23.5 Å². The van der Waals surface area contributed by atoms with Gasteiger partial charge in [0.15, 0.2) is 0 Å². The van der Waals surface area contributed by atoms with Crippen LogP contribution in [-0.2, 0) is 0 Å². The smallest absolute Gasteiger partial charge is 0.0101 e. The van der Waals surface area contributed by atoms with Gasteiger partial charge in [0.1, 0.15) is 0 Å². The summed E-state index contributed by atoms with van der Waals surface area (Å²) in [6.07, 6.45) is 8.67. The van der Waals surface area contributed by atoms with Crippen molar-refractivity contribution in [2.24, 2.45) is 5.92 Å². The predicted octanol–water partition coefficient (Wildman–Crippen LogP) is 3.05. The van der Waals surface area contributed by atoms with Crippen molar-refractivity contribution in [3.05, 3.63) is 0 Å². The molecule has 2 atom stereocenters. The number of hydrogen-bond donors (Lipinski definition) is 0. The molecule has 13 heavy (non-hydrogen) atoms. The van der Waals surface area contributed by atoms with E-state index in [1.54, 1.807) is 0 Å². The average Bonchev–Trinajstić information content (AvgIpc) is 2.33. The van der Waals surface area contributed by atoms with Gasteiger partial charge >= 0.3 is 0 Å². The molecular weight excluding hydrogens is 158 g/mol. The summed E-state index contributed by atoms with van der Waals surface area (Å²) in [4.78, 5) is 2.81. The molecule has 0 spiro atoms. The number of nitrogens with zero attached hydrogens (tertiary/aromatic N) is 1. The summed E-state index contributed by atoms with van der Waals surface area (Å²) in [5.74, 6) is 0.996. The van der Waals surface area contributed by atoms with Crippen molar-refractivity contribution in [1.29, 1.82) is 0 Å². The summed E-state index contributed by atoms with van der Waals surface area (Å²) >= 11 is 0. The van der Waals surface area contributed by atoms with Gasteiger partial charge in [0, 0.05) is 12.1 Å². The molecule has 0 N–H and O–H groups in total. The first kappa shape index (κ1) is 9.51. The van der Waals surface area contributed by atoms with Gasteiger partial charge in [0.2, 0.25) is 0 Å². The summed E-state index contributed by atoms with van der Waals surface area (Å²) in [5.41, 5.74) is 0. The molecule has 2 heterocycles. The van der Waals surface area contributed by atoms with Gasteiger partial charge in [-0.1, -0.05) is 20.3 Å². The third-order valence-corrected chi connectivity index (χ3v) is 3.89. The number of rotatable bonds is 3. The summed E-state index contributed by atoms with van der Waals surface area (Å²) in [6, 6.07) is 1.92. The van der Waals surface area contributed by atoms with Gasteiger partial charge in [0.25, 0.3) is 0 Å². The Hall–Kier alpha value is -0.0400. The second-order valence-electron chi connectivity index (χ2n) is 5.05. The second-order valence-corrected chi connectivity index (χ2v) is 5.05. The molecule has 76 valence electrons. The van der Waals surface area contributed by atoms with E-state index in [2.05, 4.69) is 18.7 Å². The van der Waals surface area contributed by atoms with Gasteiger partial charge in [-0.15, -0.1) is 0 Å². The highest BCUT2D eigenvalue weighted by molar-refractivity contribution is 4.93. The van der Waals surface area contributed by atoms with E-state index in [4.69, 9.17) is 0 Å². The minimum absolute atomic E-state index is 0.959. The summed E-state index contributed by atoms with van der Waals surface area (Å²) in [7, 11) is 0. The van der Waals surface area contributed by atoms with Gasteiger partial charge < -0.3 is 0 Å². The van der Waals surface area contributed by atoms with Crippen molar-refractivity contribution < 1.29 is 0 Å². The molecular formula is C12H23N. The minimum Gasteiger partial charge on any atom is -0.297 e. The Morgan fingerprint density at radius 3 is 2.31 bits per heavy atom. The Bertz CT molecular complexity index is 153. The third-order valence-electron chi connectivity index (χ3n) is 3.89. The molecule has 0 radical (unpaired) electrons. The maximum Gasteiger partial charge on any atom is 0.0101 e. The quantitative estimate of drug-likeness (QED) is 0.647. The highest BCUT2D eigenvalue weighted by atomic mass is 15.2. The molecule has 0 aromatic heterocycles. The van der Waals surface area contributed by atoms with Crippen LogP contribution in [0.1, 0.15) is 52.4 Å². The van der Waals surface area contributed by atoms with Crippen molar-refractivity contribution in [3.8, 4) is 0 Å². The van der Waals surface area contributed by atoms with Gasteiger partial charge in [-0.3, -0.25) is 4.90 Å². The van der Waals surface area contributed by atoms with Gasteiger partial charge in [-0.05, 0) is 44.6 Å². The van der Waals surface area contributed by atoms with E-state index in [0.717, 1.165) is 18.0 Å². The Labute approximate surface area is 82.5 Å². The average molecular weight is 181 g/mol. The van der Waals surface area contributed by atoms with Crippen LogP contribution < -0.4 is 0 Å². The molecule has 2 fully saturated rings. The van der Waals surface area contributed by atoms with Crippen LogP contribution in [0.15, 0.2) is 0 Å². The molecule has 2 rings (SSSR count). The Kier molecular flexibility index (Phi) is 2.92. The van der Waals surface area contributed by atoms with E-state index in [-0.39, 0.29) is 0 Å². The van der Waals surface area contributed by atoms with Gasteiger partial charge in [-0.2, -0.15) is 0 Å². The molecule has 2 bridgehead atoms. The first-order valence-electron chi connectivity index (χ1n) is 6.07. The Morgan fingerprint density at radius 1 is 1.15 bits per heavy atom. The van der Waals surface area contributed by atoms with Crippen molar-refractivity contribution in [2.75, 3.05) is 6.54 Å². The first-order chi connectivity index (χ1) is 6.31. The normalized spacial score (nSPS) is 39.7. The zero-order valence-corrected chi connectivity index (χ0v) is 9.13. The van der Waals surface area contributed by atoms with Crippen molar-refractivity contribution in [3.63, 3.8) is 0 Å². The Morgan fingerprint density at radius 2 is 1.77 bits per heavy atom. The molecule has 0 saturated carbocycles. The van der Waals surface area contributed by atoms with E-state index in [1.807, 2.05) is 0 Å². The van der Waals surface area contributed by atoms with Gasteiger partial charge in [-0.25, -0.2) is 0 Å². The minimum atomic E-state index is 0.959. The van der Waals surface area contributed by atoms with E-state index < -0.39 is 0 Å². The molecule has 2 unspecified atom stereocenters. The van der Waals surface area contributed by atoms with Crippen LogP contribution in [0.25, 0.3) is 0 Å². The van der Waals surface area contributed by atoms with E-state index >= 15 is 0 Å². The zero-order valence-electron chi connectivity index (χ0n) is 9.13. The lowest BCUT2D eigenvalue weighted by molar-refractivity contribution is 0.108. The lowest BCUT2D eigenvalue weighted by Gasteiger charge is -2.37. The van der Waals surface area contributed by atoms with Crippen LogP contribution in [0.2, 0.25) is 0 Å². The van der Waals surface area contributed by atoms with E-state index in [9.17, 15) is 0 Å². The fourth-order valence-electron chi connectivity index (χ4n) is 3.25. The molecule has 0 aliphatic carbocycles. The second kappa shape index (κ2) is 4.00. The first-order valence-corrected chi connectivity index (χ1v) is 6.07. The molecule has 0 aromatic rings. The van der Waals surface area contributed by atoms with Gasteiger partial charge in [0.05, 0.1) is 0 Å². The van der Waals surface area contributed by atoms with Crippen LogP contribution in [0.3, 0.4) is 0 Å². The largest absolute Gasteiger partial charge is 0.297 e. The molecule has 2 aliphatic rings. The summed E-state index contributed by atoms with van der Waals surface area (Å²) in [5, 5.41) is 0. The lowest BCUT2D eigenvalue weighted by atomic mass is 9.92. The summed E-state index contributed by atoms with van der Waals surface area (Å²) < 4.78 is 0. The van der Waals surface area contributed by atoms with E-state index in [0.29, 0.717) is 0 Å². The van der Waals surface area contributed by atoms with Crippen molar-refractivity contribution in [2.45, 2.75) is 64.5 Å². The maximum atomic E-state index is 2.81. The third kappa shape index (κ3) is 1.90. The van der Waals surface area contributed by atoms with Crippen molar-refractivity contribution in [1.82, 2.24) is 4.90 Å². The predicted molar refractivity (Wildman–Crippen MR) is 56.8 cm³/mol. The monoisotopic (exact) mass is 181 g/mol.